The van der Waals surface area contributed by atoms with Gasteiger partial charge in [0.05, 0.1) is 10.7 Å². The zero-order valence-corrected chi connectivity index (χ0v) is 7.58. The third kappa shape index (κ3) is 2.92. The summed E-state index contributed by atoms with van der Waals surface area (Å²) in [6.45, 7) is 1.77. The summed E-state index contributed by atoms with van der Waals surface area (Å²) in [4.78, 5) is 4.11. The summed E-state index contributed by atoms with van der Waals surface area (Å²) in [5, 5.41) is 12.4. The third-order valence-electron chi connectivity index (χ3n) is 1.24. The van der Waals surface area contributed by atoms with Gasteiger partial charge in [0.25, 0.3) is 0 Å². The molecule has 0 fully saturated rings. The molecule has 0 saturated heterocycles. The van der Waals surface area contributed by atoms with Crippen molar-refractivity contribution in [3.63, 3.8) is 0 Å². The van der Waals surface area contributed by atoms with Gasteiger partial charge in [0.1, 0.15) is 0 Å². The molecule has 0 aliphatic rings. The lowest BCUT2D eigenvalue weighted by Crippen LogP contribution is -1.94. The van der Waals surface area contributed by atoms with Gasteiger partial charge in [-0.25, -0.2) is 4.98 Å². The van der Waals surface area contributed by atoms with E-state index in [0.717, 1.165) is 5.03 Å². The molecular weight excluding hydrogens is 172 g/mol. The van der Waals surface area contributed by atoms with Gasteiger partial charge in [-0.2, -0.15) is 0 Å². The van der Waals surface area contributed by atoms with Crippen molar-refractivity contribution in [1.29, 1.82) is 0 Å². The number of rotatable bonds is 3. The SMILES string of the molecule is C/C(CSc1ccccn1)=N/O. The quantitative estimate of drug-likeness (QED) is 0.336. The van der Waals surface area contributed by atoms with Crippen molar-refractivity contribution in [2.24, 2.45) is 5.16 Å². The highest BCUT2D eigenvalue weighted by Crippen LogP contribution is 2.13. The lowest BCUT2D eigenvalue weighted by atomic mass is 10.5. The van der Waals surface area contributed by atoms with E-state index in [-0.39, 0.29) is 0 Å². The van der Waals surface area contributed by atoms with Crippen LogP contribution in [0.3, 0.4) is 0 Å². The van der Waals surface area contributed by atoms with Crippen LogP contribution in [0.4, 0.5) is 0 Å². The molecule has 0 radical (unpaired) electrons. The molecule has 12 heavy (non-hydrogen) atoms. The number of aromatic nitrogens is 1. The van der Waals surface area contributed by atoms with E-state index in [1.54, 1.807) is 24.9 Å². The maximum absolute atomic E-state index is 8.37. The molecule has 0 atom stereocenters. The topological polar surface area (TPSA) is 45.5 Å². The highest BCUT2D eigenvalue weighted by Gasteiger charge is 1.95. The van der Waals surface area contributed by atoms with E-state index in [1.165, 1.54) is 0 Å². The molecule has 0 aromatic carbocycles. The fraction of sp³-hybridized carbons (Fsp3) is 0.250. The molecule has 1 rings (SSSR count). The van der Waals surface area contributed by atoms with E-state index in [1.807, 2.05) is 18.2 Å². The number of hydrogen-bond acceptors (Lipinski definition) is 4. The van der Waals surface area contributed by atoms with Crippen LogP contribution in [0.2, 0.25) is 0 Å². The molecule has 0 aliphatic carbocycles. The van der Waals surface area contributed by atoms with Crippen LogP contribution in [0.5, 0.6) is 0 Å². The van der Waals surface area contributed by atoms with Crippen molar-refractivity contribution < 1.29 is 5.21 Å². The monoisotopic (exact) mass is 182 g/mol. The minimum Gasteiger partial charge on any atom is -0.411 e. The second kappa shape index (κ2) is 4.77. The van der Waals surface area contributed by atoms with Gasteiger partial charge in [-0.15, -0.1) is 11.8 Å². The van der Waals surface area contributed by atoms with E-state index in [0.29, 0.717) is 11.5 Å². The zero-order valence-electron chi connectivity index (χ0n) is 6.77. The second-order valence-corrected chi connectivity index (χ2v) is 3.29. The molecule has 0 unspecified atom stereocenters. The molecular formula is C8H10N2OS. The minimum absolute atomic E-state index is 0.674. The van der Waals surface area contributed by atoms with Crippen molar-refractivity contribution in [1.82, 2.24) is 4.98 Å². The van der Waals surface area contributed by atoms with E-state index < -0.39 is 0 Å². The van der Waals surface area contributed by atoms with Crippen LogP contribution in [0.1, 0.15) is 6.92 Å². The first kappa shape index (κ1) is 9.06. The lowest BCUT2D eigenvalue weighted by molar-refractivity contribution is 0.318. The highest BCUT2D eigenvalue weighted by molar-refractivity contribution is 7.99. The Balaban J connectivity index is 2.44. The molecule has 1 N–H and O–H groups in total. The number of nitrogens with zero attached hydrogens (tertiary/aromatic N) is 2. The summed E-state index contributed by atoms with van der Waals surface area (Å²) in [7, 11) is 0. The Morgan fingerprint density at radius 3 is 3.08 bits per heavy atom. The smallest absolute Gasteiger partial charge is 0.0963 e. The van der Waals surface area contributed by atoms with Crippen molar-refractivity contribution in [2.75, 3.05) is 5.75 Å². The summed E-state index contributed by atoms with van der Waals surface area (Å²) < 4.78 is 0. The molecule has 0 spiro atoms. The first-order valence-electron chi connectivity index (χ1n) is 3.54. The van der Waals surface area contributed by atoms with Gasteiger partial charge in [-0.3, -0.25) is 0 Å². The standard InChI is InChI=1S/C8H10N2OS/c1-7(10-11)6-12-8-4-2-3-5-9-8/h2-5,11H,6H2,1H3/b10-7-. The van der Waals surface area contributed by atoms with Crippen LogP contribution >= 0.6 is 11.8 Å². The van der Waals surface area contributed by atoms with Crippen LogP contribution in [0.25, 0.3) is 0 Å². The van der Waals surface area contributed by atoms with Gasteiger partial charge in [-0.1, -0.05) is 11.2 Å². The Labute approximate surface area is 75.5 Å². The predicted molar refractivity (Wildman–Crippen MR) is 49.9 cm³/mol. The van der Waals surface area contributed by atoms with E-state index in [4.69, 9.17) is 5.21 Å². The van der Waals surface area contributed by atoms with Gasteiger partial charge in [0.15, 0.2) is 0 Å². The van der Waals surface area contributed by atoms with Crippen molar-refractivity contribution in [3.8, 4) is 0 Å². The first-order chi connectivity index (χ1) is 5.83. The van der Waals surface area contributed by atoms with Crippen molar-refractivity contribution in [2.45, 2.75) is 11.9 Å². The Kier molecular flexibility index (Phi) is 3.60. The first-order valence-corrected chi connectivity index (χ1v) is 4.53. The summed E-state index contributed by atoms with van der Waals surface area (Å²) >= 11 is 1.55. The van der Waals surface area contributed by atoms with Gasteiger partial charge in [0.2, 0.25) is 0 Å². The molecule has 0 aliphatic heterocycles. The fourth-order valence-corrected chi connectivity index (χ4v) is 1.36. The van der Waals surface area contributed by atoms with Crippen molar-refractivity contribution in [3.05, 3.63) is 24.4 Å². The van der Waals surface area contributed by atoms with Crippen LogP contribution in [-0.4, -0.2) is 21.7 Å². The molecule has 1 aromatic heterocycles. The number of hydrogen-bond donors (Lipinski definition) is 1. The van der Waals surface area contributed by atoms with Gasteiger partial charge in [-0.05, 0) is 19.1 Å². The lowest BCUT2D eigenvalue weighted by Gasteiger charge is -1.97. The van der Waals surface area contributed by atoms with Gasteiger partial charge < -0.3 is 5.21 Å². The van der Waals surface area contributed by atoms with Crippen molar-refractivity contribution >= 4 is 17.5 Å². The molecule has 0 bridgehead atoms. The van der Waals surface area contributed by atoms with E-state index >= 15 is 0 Å². The Bertz CT molecular complexity index is 261. The van der Waals surface area contributed by atoms with Crippen LogP contribution in [0.15, 0.2) is 34.6 Å². The second-order valence-electron chi connectivity index (χ2n) is 2.29. The average molecular weight is 182 g/mol. The van der Waals surface area contributed by atoms with Crippen LogP contribution in [-0.2, 0) is 0 Å². The summed E-state index contributed by atoms with van der Waals surface area (Å²) in [6.07, 6.45) is 1.74. The van der Waals surface area contributed by atoms with E-state index in [2.05, 4.69) is 10.1 Å². The average Bonchev–Trinajstić information content (AvgIpc) is 2.16. The maximum Gasteiger partial charge on any atom is 0.0963 e. The Morgan fingerprint density at radius 1 is 1.67 bits per heavy atom. The van der Waals surface area contributed by atoms with Crippen LogP contribution < -0.4 is 0 Å². The molecule has 3 nitrogen and oxygen atoms in total. The van der Waals surface area contributed by atoms with E-state index in [9.17, 15) is 0 Å². The number of thioether (sulfide) groups is 1. The maximum atomic E-state index is 8.37. The Hall–Kier alpha value is -1.03. The van der Waals surface area contributed by atoms with Gasteiger partial charge >= 0.3 is 0 Å². The molecule has 1 heterocycles. The molecule has 4 heteroatoms. The minimum atomic E-state index is 0.674. The fourth-order valence-electron chi connectivity index (χ4n) is 0.640. The summed E-state index contributed by atoms with van der Waals surface area (Å²) in [6, 6.07) is 5.73. The normalized spacial score (nSPS) is 11.6. The molecule has 0 amide bonds. The largest absolute Gasteiger partial charge is 0.411 e. The Morgan fingerprint density at radius 2 is 2.50 bits per heavy atom. The zero-order chi connectivity index (χ0) is 8.81. The number of oxime groups is 1. The third-order valence-corrected chi connectivity index (χ3v) is 2.34. The number of pyridine rings is 1. The van der Waals surface area contributed by atoms with Crippen LogP contribution in [0, 0.1) is 0 Å². The van der Waals surface area contributed by atoms with Gasteiger partial charge in [0, 0.05) is 11.9 Å². The predicted octanol–water partition coefficient (Wildman–Crippen LogP) is 2.02. The molecule has 0 saturated carbocycles. The molecule has 1 aromatic rings. The highest BCUT2D eigenvalue weighted by atomic mass is 32.2. The summed E-state index contributed by atoms with van der Waals surface area (Å²) in [5.74, 6) is 0.674. The summed E-state index contributed by atoms with van der Waals surface area (Å²) in [5.41, 5.74) is 0.700. The molecule has 64 valence electrons.